The van der Waals surface area contributed by atoms with Crippen molar-refractivity contribution in [2.45, 2.75) is 39.7 Å². The van der Waals surface area contributed by atoms with Crippen LogP contribution in [-0.4, -0.2) is 29.9 Å². The quantitative estimate of drug-likeness (QED) is 0.631. The van der Waals surface area contributed by atoms with Gasteiger partial charge in [-0.1, -0.05) is 20.4 Å². The molecule has 0 bridgehead atoms. The minimum atomic E-state index is -0.394. The van der Waals surface area contributed by atoms with Gasteiger partial charge in [0.25, 0.3) is 0 Å². The first kappa shape index (κ1) is 13.2. The third-order valence-electron chi connectivity index (χ3n) is 2.39. The first-order valence-electron chi connectivity index (χ1n) is 5.27. The third-order valence-corrected chi connectivity index (χ3v) is 2.39. The van der Waals surface area contributed by atoms with E-state index in [9.17, 15) is 4.79 Å². The number of rotatable bonds is 7. The molecule has 0 heterocycles. The minimum Gasteiger partial charge on any atom is -0.366 e. The number of nitrogens with zero attached hydrogens (tertiary/aromatic N) is 1. The highest BCUT2D eigenvalue weighted by Crippen LogP contribution is 2.09. The van der Waals surface area contributed by atoms with Crippen LogP contribution in [0.2, 0.25) is 0 Å². The number of nitrogens with two attached hydrogens (primary N) is 1. The summed E-state index contributed by atoms with van der Waals surface area (Å²) >= 11 is 0. The summed E-state index contributed by atoms with van der Waals surface area (Å²) in [4.78, 5) is 13.2. The second-order valence-electron chi connectivity index (χ2n) is 3.60. The second-order valence-corrected chi connectivity index (χ2v) is 3.60. The van der Waals surface area contributed by atoms with Gasteiger partial charge in [0.1, 0.15) is 0 Å². The molecule has 0 saturated carbocycles. The maximum absolute atomic E-state index is 10.9. The van der Waals surface area contributed by atoms with Crippen LogP contribution in [0.15, 0.2) is 12.2 Å². The van der Waals surface area contributed by atoms with Crippen LogP contribution in [0.4, 0.5) is 0 Å². The topological polar surface area (TPSA) is 46.3 Å². The zero-order chi connectivity index (χ0) is 11.1. The van der Waals surface area contributed by atoms with Crippen LogP contribution in [0.3, 0.4) is 0 Å². The van der Waals surface area contributed by atoms with E-state index in [0.717, 1.165) is 25.9 Å². The summed E-state index contributed by atoms with van der Waals surface area (Å²) in [5.74, 6) is -0.394. The highest BCUT2D eigenvalue weighted by atomic mass is 16.1. The van der Waals surface area contributed by atoms with E-state index in [2.05, 4.69) is 25.3 Å². The lowest BCUT2D eigenvalue weighted by atomic mass is 10.1. The molecule has 1 amide bonds. The molecule has 0 aliphatic carbocycles. The molecule has 0 rings (SSSR count). The van der Waals surface area contributed by atoms with Crippen LogP contribution < -0.4 is 5.73 Å². The van der Waals surface area contributed by atoms with E-state index >= 15 is 0 Å². The van der Waals surface area contributed by atoms with Gasteiger partial charge in [-0.3, -0.25) is 9.69 Å². The van der Waals surface area contributed by atoms with Crippen molar-refractivity contribution < 1.29 is 4.79 Å². The summed E-state index contributed by atoms with van der Waals surface area (Å²) in [5, 5.41) is 0. The number of hydrogen-bond acceptors (Lipinski definition) is 2. The Morgan fingerprint density at radius 1 is 1.36 bits per heavy atom. The van der Waals surface area contributed by atoms with E-state index in [-0.39, 0.29) is 6.04 Å². The largest absolute Gasteiger partial charge is 0.366 e. The molecular formula is C11H22N2O. The van der Waals surface area contributed by atoms with E-state index in [1.165, 1.54) is 0 Å². The van der Waals surface area contributed by atoms with Crippen LogP contribution in [0.25, 0.3) is 0 Å². The lowest BCUT2D eigenvalue weighted by molar-refractivity contribution is -0.115. The number of carbonyl (C=O) groups excluding carboxylic acids is 1. The third kappa shape index (κ3) is 3.92. The smallest absolute Gasteiger partial charge is 0.245 e. The zero-order valence-corrected chi connectivity index (χ0v) is 9.55. The molecule has 0 spiro atoms. The van der Waals surface area contributed by atoms with Gasteiger partial charge in [-0.05, 0) is 32.9 Å². The van der Waals surface area contributed by atoms with Crippen LogP contribution in [0.1, 0.15) is 33.6 Å². The molecule has 0 fully saturated rings. The van der Waals surface area contributed by atoms with Crippen LogP contribution in [0.5, 0.6) is 0 Å². The fourth-order valence-corrected chi connectivity index (χ4v) is 1.50. The highest BCUT2D eigenvalue weighted by Gasteiger charge is 2.18. The fourth-order valence-electron chi connectivity index (χ4n) is 1.50. The Morgan fingerprint density at radius 2 is 1.79 bits per heavy atom. The monoisotopic (exact) mass is 198 g/mol. The van der Waals surface area contributed by atoms with Gasteiger partial charge in [0, 0.05) is 11.6 Å². The van der Waals surface area contributed by atoms with E-state index in [4.69, 9.17) is 5.73 Å². The van der Waals surface area contributed by atoms with Crippen LogP contribution in [0, 0.1) is 0 Å². The van der Waals surface area contributed by atoms with Crippen molar-refractivity contribution in [2.24, 2.45) is 5.73 Å². The maximum Gasteiger partial charge on any atom is 0.245 e. The molecule has 0 aliphatic heterocycles. The Balaban J connectivity index is 4.33. The average Bonchev–Trinajstić information content (AvgIpc) is 2.15. The van der Waals surface area contributed by atoms with E-state index < -0.39 is 5.91 Å². The van der Waals surface area contributed by atoms with Gasteiger partial charge in [0.2, 0.25) is 5.91 Å². The van der Waals surface area contributed by atoms with Gasteiger partial charge >= 0.3 is 0 Å². The Morgan fingerprint density at radius 3 is 2.07 bits per heavy atom. The maximum atomic E-state index is 10.9. The van der Waals surface area contributed by atoms with E-state index in [0.29, 0.717) is 5.57 Å². The van der Waals surface area contributed by atoms with Crippen molar-refractivity contribution in [2.75, 3.05) is 13.1 Å². The zero-order valence-electron chi connectivity index (χ0n) is 9.55. The molecule has 3 heteroatoms. The van der Waals surface area contributed by atoms with E-state index in [1.54, 1.807) is 0 Å². The van der Waals surface area contributed by atoms with Gasteiger partial charge in [-0.2, -0.15) is 0 Å². The second kappa shape index (κ2) is 6.60. The summed E-state index contributed by atoms with van der Waals surface area (Å²) in [7, 11) is 0. The van der Waals surface area contributed by atoms with E-state index in [1.807, 2.05) is 6.92 Å². The Hall–Kier alpha value is -0.830. The lowest BCUT2D eigenvalue weighted by Crippen LogP contribution is -2.39. The van der Waals surface area contributed by atoms with Crippen molar-refractivity contribution in [1.82, 2.24) is 4.90 Å². The van der Waals surface area contributed by atoms with Crippen molar-refractivity contribution in [3.05, 3.63) is 12.2 Å². The number of primary amides is 1. The SMILES string of the molecule is C=C(C(N)=O)C(C)N(CCC)CCC. The lowest BCUT2D eigenvalue weighted by Gasteiger charge is -2.28. The molecule has 0 aliphatic rings. The Kier molecular flexibility index (Phi) is 6.21. The molecule has 14 heavy (non-hydrogen) atoms. The van der Waals surface area contributed by atoms with Crippen molar-refractivity contribution in [1.29, 1.82) is 0 Å². The molecule has 1 atom stereocenters. The summed E-state index contributed by atoms with van der Waals surface area (Å²) < 4.78 is 0. The van der Waals surface area contributed by atoms with Gasteiger partial charge in [0.05, 0.1) is 0 Å². The molecule has 82 valence electrons. The summed E-state index contributed by atoms with van der Waals surface area (Å²) in [5.41, 5.74) is 5.71. The number of carbonyl (C=O) groups is 1. The van der Waals surface area contributed by atoms with Gasteiger partial charge in [-0.15, -0.1) is 0 Å². The van der Waals surface area contributed by atoms with Crippen LogP contribution in [-0.2, 0) is 4.79 Å². The summed E-state index contributed by atoms with van der Waals surface area (Å²) in [6.07, 6.45) is 2.16. The van der Waals surface area contributed by atoms with Gasteiger partial charge in [0.15, 0.2) is 0 Å². The first-order valence-corrected chi connectivity index (χ1v) is 5.27. The molecule has 0 radical (unpaired) electrons. The molecule has 0 aromatic heterocycles. The average molecular weight is 198 g/mol. The summed E-state index contributed by atoms with van der Waals surface area (Å²) in [6, 6.07) is 0.0624. The van der Waals surface area contributed by atoms with Gasteiger partial charge < -0.3 is 5.73 Å². The number of hydrogen-bond donors (Lipinski definition) is 1. The van der Waals surface area contributed by atoms with Crippen molar-refractivity contribution in [3.8, 4) is 0 Å². The molecule has 0 saturated heterocycles. The number of amides is 1. The van der Waals surface area contributed by atoms with Crippen LogP contribution >= 0.6 is 0 Å². The molecule has 0 aromatic carbocycles. The predicted octanol–water partition coefficient (Wildman–Crippen LogP) is 1.54. The van der Waals surface area contributed by atoms with Crippen molar-refractivity contribution >= 4 is 5.91 Å². The van der Waals surface area contributed by atoms with Gasteiger partial charge in [-0.25, -0.2) is 0 Å². The minimum absolute atomic E-state index is 0.0624. The molecule has 3 nitrogen and oxygen atoms in total. The summed E-state index contributed by atoms with van der Waals surface area (Å²) in [6.45, 7) is 11.9. The highest BCUT2D eigenvalue weighted by molar-refractivity contribution is 5.92. The first-order chi connectivity index (χ1) is 6.54. The Labute approximate surface area is 87.0 Å². The normalized spacial score (nSPS) is 12.9. The van der Waals surface area contributed by atoms with Crippen molar-refractivity contribution in [3.63, 3.8) is 0 Å². The molecular weight excluding hydrogens is 176 g/mol. The molecule has 0 aromatic rings. The fraction of sp³-hybridized carbons (Fsp3) is 0.727. The standard InChI is InChI=1S/C11H22N2O/c1-5-7-13(8-6-2)10(4)9(3)11(12)14/h10H,3,5-8H2,1-2,4H3,(H2,12,14). The predicted molar refractivity (Wildman–Crippen MR) is 60.0 cm³/mol. The molecule has 1 unspecified atom stereocenters. The Bertz CT molecular complexity index is 195. The molecule has 2 N–H and O–H groups in total.